The Balaban J connectivity index is 1.42. The summed E-state index contributed by atoms with van der Waals surface area (Å²) in [5.41, 5.74) is 4.66. The first-order valence-electron chi connectivity index (χ1n) is 17.6. The monoisotopic (exact) mass is 747 g/mol. The van der Waals surface area contributed by atoms with Crippen LogP contribution in [-0.4, -0.2) is 23.0 Å². The highest BCUT2D eigenvalue weighted by atomic mass is 19.2. The molecular formula is C45H34F5NO4. The molecule has 0 heterocycles. The van der Waals surface area contributed by atoms with Crippen molar-refractivity contribution in [2.45, 2.75) is 38.5 Å². The molecule has 10 heteroatoms. The van der Waals surface area contributed by atoms with Gasteiger partial charge >= 0.3 is 12.1 Å². The van der Waals surface area contributed by atoms with Gasteiger partial charge in [-0.3, -0.25) is 4.90 Å². The summed E-state index contributed by atoms with van der Waals surface area (Å²) in [6, 6.07) is 38.3. The summed E-state index contributed by atoms with van der Waals surface area (Å²) in [5, 5.41) is 0. The second-order valence-electron chi connectivity index (χ2n) is 13.5. The second kappa shape index (κ2) is 15.2. The quantitative estimate of drug-likeness (QED) is 0.0349. The second-order valence-corrected chi connectivity index (χ2v) is 13.5. The fourth-order valence-electron chi connectivity index (χ4n) is 7.49. The highest BCUT2D eigenvalue weighted by molar-refractivity contribution is 5.85. The maximum absolute atomic E-state index is 15.2. The average Bonchev–Trinajstić information content (AvgIpc) is 3.60. The first kappa shape index (κ1) is 37.0. The number of carbonyl (C=O) groups is 2. The van der Waals surface area contributed by atoms with E-state index in [0.29, 0.717) is 23.1 Å². The van der Waals surface area contributed by atoms with Crippen LogP contribution in [0.4, 0.5) is 26.7 Å². The van der Waals surface area contributed by atoms with Crippen LogP contribution < -0.4 is 4.74 Å². The summed E-state index contributed by atoms with van der Waals surface area (Å²) in [4.78, 5) is 30.8. The predicted molar refractivity (Wildman–Crippen MR) is 196 cm³/mol. The highest BCUT2D eigenvalue weighted by Gasteiger charge is 2.52. The normalized spacial score (nSPS) is 12.5. The van der Waals surface area contributed by atoms with E-state index in [0.717, 1.165) is 32.7 Å². The van der Waals surface area contributed by atoms with E-state index in [-0.39, 0.29) is 6.61 Å². The molecule has 0 saturated carbocycles. The number of rotatable bonds is 10. The summed E-state index contributed by atoms with van der Waals surface area (Å²) >= 11 is 0. The first-order valence-corrected chi connectivity index (χ1v) is 17.6. The Kier molecular flexibility index (Phi) is 10.2. The zero-order valence-corrected chi connectivity index (χ0v) is 29.7. The van der Waals surface area contributed by atoms with Crippen LogP contribution in [-0.2, 0) is 28.1 Å². The van der Waals surface area contributed by atoms with Gasteiger partial charge in [0.1, 0.15) is 18.2 Å². The van der Waals surface area contributed by atoms with Crippen LogP contribution in [0.25, 0.3) is 11.1 Å². The van der Waals surface area contributed by atoms with Gasteiger partial charge < -0.3 is 9.47 Å². The number of fused-ring (bicyclic) bond motifs is 3. The number of hydrogen-bond acceptors (Lipinski definition) is 4. The maximum Gasteiger partial charge on any atom is 0.412 e. The summed E-state index contributed by atoms with van der Waals surface area (Å²) in [6.07, 6.45) is -0.411. The van der Waals surface area contributed by atoms with Crippen molar-refractivity contribution < 1.29 is 41.0 Å². The van der Waals surface area contributed by atoms with Gasteiger partial charge in [-0.15, -0.1) is 0 Å². The molecule has 6 aromatic carbocycles. The number of benzene rings is 6. The molecule has 6 aromatic rings. The number of nitrogens with zero attached hydrogens (tertiary/aromatic N) is 1. The third-order valence-corrected chi connectivity index (χ3v) is 9.96. The van der Waals surface area contributed by atoms with Crippen LogP contribution in [0.15, 0.2) is 133 Å². The van der Waals surface area contributed by atoms with Crippen LogP contribution >= 0.6 is 0 Å². The number of halogens is 5. The molecule has 0 aliphatic heterocycles. The van der Waals surface area contributed by atoms with Crippen LogP contribution in [0.5, 0.6) is 5.75 Å². The molecule has 1 amide bonds. The minimum Gasteiger partial charge on any atom is -0.444 e. The fourth-order valence-corrected chi connectivity index (χ4v) is 7.49. The number of carbonyl (C=O) groups excluding carboxylic acids is 2. The zero-order valence-electron chi connectivity index (χ0n) is 29.7. The molecule has 0 aromatic heterocycles. The summed E-state index contributed by atoms with van der Waals surface area (Å²) in [7, 11) is 0. The maximum atomic E-state index is 15.2. The third kappa shape index (κ3) is 6.51. The Labute approximate surface area is 314 Å². The van der Waals surface area contributed by atoms with Crippen LogP contribution in [0.1, 0.15) is 47.2 Å². The Morgan fingerprint density at radius 3 is 1.62 bits per heavy atom. The largest absolute Gasteiger partial charge is 0.444 e. The van der Waals surface area contributed by atoms with Crippen molar-refractivity contribution in [3.63, 3.8) is 0 Å². The van der Waals surface area contributed by atoms with E-state index >= 15 is 13.6 Å². The van der Waals surface area contributed by atoms with E-state index < -0.39 is 64.4 Å². The van der Waals surface area contributed by atoms with Gasteiger partial charge in [0.2, 0.25) is 34.8 Å². The molecular weight excluding hydrogens is 713 g/mol. The SMILES string of the molecule is CC(C)[C@@H](C(=O)Oc1c(F)c(F)c(F)c(F)c1F)N(C(=O)OCc1cccc2c1Cc1ccccc1-2)C(c1ccccc1)(c1ccccc1)c1ccccc1. The molecule has 5 nitrogen and oxygen atoms in total. The molecule has 7 rings (SSSR count). The molecule has 0 unspecified atom stereocenters. The highest BCUT2D eigenvalue weighted by Crippen LogP contribution is 2.46. The number of esters is 1. The van der Waals surface area contributed by atoms with Gasteiger partial charge in [-0.05, 0) is 56.8 Å². The van der Waals surface area contributed by atoms with Crippen molar-refractivity contribution in [1.29, 1.82) is 0 Å². The molecule has 1 aliphatic carbocycles. The zero-order chi connectivity index (χ0) is 38.9. The number of ether oxygens (including phenoxy) is 2. The van der Waals surface area contributed by atoms with E-state index in [9.17, 15) is 18.0 Å². The molecule has 0 bridgehead atoms. The molecule has 0 saturated heterocycles. The van der Waals surface area contributed by atoms with Gasteiger partial charge in [0.25, 0.3) is 0 Å². The van der Waals surface area contributed by atoms with E-state index in [1.54, 1.807) is 105 Å². The molecule has 1 atom stereocenters. The minimum atomic E-state index is -2.41. The molecule has 0 radical (unpaired) electrons. The lowest BCUT2D eigenvalue weighted by molar-refractivity contribution is -0.144. The summed E-state index contributed by atoms with van der Waals surface area (Å²) < 4.78 is 84.1. The van der Waals surface area contributed by atoms with Crippen LogP contribution in [0.2, 0.25) is 0 Å². The molecule has 0 spiro atoms. The van der Waals surface area contributed by atoms with E-state index in [1.807, 2.05) is 42.5 Å². The first-order chi connectivity index (χ1) is 26.5. The molecule has 55 heavy (non-hydrogen) atoms. The predicted octanol–water partition coefficient (Wildman–Crippen LogP) is 10.5. The third-order valence-electron chi connectivity index (χ3n) is 9.96. The Bertz CT molecular complexity index is 2250. The van der Waals surface area contributed by atoms with Crippen molar-refractivity contribution in [3.8, 4) is 16.9 Å². The number of amides is 1. The van der Waals surface area contributed by atoms with Gasteiger partial charge in [0.05, 0.1) is 0 Å². The molecule has 278 valence electrons. The lowest BCUT2D eigenvalue weighted by atomic mass is 9.74. The van der Waals surface area contributed by atoms with E-state index in [2.05, 4.69) is 0 Å². The number of hydrogen-bond donors (Lipinski definition) is 0. The summed E-state index contributed by atoms with van der Waals surface area (Å²) in [6.45, 7) is 2.91. The Hall–Kier alpha value is -6.29. The topological polar surface area (TPSA) is 55.8 Å². The van der Waals surface area contributed by atoms with Crippen molar-refractivity contribution in [3.05, 3.63) is 196 Å². The van der Waals surface area contributed by atoms with Crippen LogP contribution in [0.3, 0.4) is 0 Å². The summed E-state index contributed by atoms with van der Waals surface area (Å²) in [5.74, 6) is -15.8. The Morgan fingerprint density at radius 2 is 1.09 bits per heavy atom. The van der Waals surface area contributed by atoms with Gasteiger partial charge in [-0.25, -0.2) is 22.8 Å². The van der Waals surface area contributed by atoms with Gasteiger partial charge in [0, 0.05) is 0 Å². The molecule has 0 fully saturated rings. The van der Waals surface area contributed by atoms with Gasteiger partial charge in [-0.1, -0.05) is 147 Å². The van der Waals surface area contributed by atoms with Gasteiger partial charge in [-0.2, -0.15) is 8.78 Å². The molecule has 1 aliphatic rings. The lowest BCUT2D eigenvalue weighted by Crippen LogP contribution is -2.60. The van der Waals surface area contributed by atoms with Crippen molar-refractivity contribution in [2.24, 2.45) is 5.92 Å². The van der Waals surface area contributed by atoms with Gasteiger partial charge in [0.15, 0.2) is 0 Å². The molecule has 0 N–H and O–H groups in total. The van der Waals surface area contributed by atoms with E-state index in [4.69, 9.17) is 9.47 Å². The Morgan fingerprint density at radius 1 is 0.618 bits per heavy atom. The van der Waals surface area contributed by atoms with E-state index in [1.165, 1.54) is 0 Å². The smallest absolute Gasteiger partial charge is 0.412 e. The van der Waals surface area contributed by atoms with Crippen molar-refractivity contribution in [2.75, 3.05) is 0 Å². The van der Waals surface area contributed by atoms with Crippen molar-refractivity contribution in [1.82, 2.24) is 4.90 Å². The van der Waals surface area contributed by atoms with Crippen LogP contribution in [0, 0.1) is 35.0 Å². The average molecular weight is 748 g/mol. The van der Waals surface area contributed by atoms with Crippen molar-refractivity contribution >= 4 is 12.1 Å². The lowest BCUT2D eigenvalue weighted by Gasteiger charge is -2.48. The fraction of sp³-hybridized carbons (Fsp3) is 0.156. The minimum absolute atomic E-state index is 0.224. The standard InChI is InChI=1S/C45H34F5NO4/c1-27(2)41(43(52)55-42-39(49)37(47)36(46)38(48)40(42)50)51(44(53)54-26-29-16-14-24-34-33-23-13-12-15-28(33)25-35(29)34)45(30-17-6-3-7-18-30,31-19-8-4-9-20-31)32-21-10-5-11-22-32/h3-24,27,41H,25-26H2,1-2H3/t41-/m0/s1.